The van der Waals surface area contributed by atoms with Crippen LogP contribution in [0.4, 0.5) is 11.6 Å². The maximum Gasteiger partial charge on any atom is 0.227 e. The van der Waals surface area contributed by atoms with Gasteiger partial charge < -0.3 is 5.32 Å². The predicted molar refractivity (Wildman–Crippen MR) is 114 cm³/mol. The van der Waals surface area contributed by atoms with E-state index in [-0.39, 0.29) is 0 Å². The minimum atomic E-state index is 0.507. The number of anilines is 2. The Morgan fingerprint density at radius 1 is 1.07 bits per heavy atom. The molecule has 4 aromatic rings. The van der Waals surface area contributed by atoms with Gasteiger partial charge >= 0.3 is 0 Å². The Kier molecular flexibility index (Phi) is 4.45. The molecule has 0 saturated heterocycles. The summed E-state index contributed by atoms with van der Waals surface area (Å²) < 4.78 is 1.73. The molecule has 0 radical (unpaired) electrons. The lowest BCUT2D eigenvalue weighted by Crippen LogP contribution is -1.99. The van der Waals surface area contributed by atoms with Crippen molar-refractivity contribution in [3.63, 3.8) is 0 Å². The second-order valence-corrected chi connectivity index (χ2v) is 7.40. The normalized spacial score (nSPS) is 13.1. The van der Waals surface area contributed by atoms with Crippen molar-refractivity contribution in [3.05, 3.63) is 78.0 Å². The maximum atomic E-state index is 9.39. The third-order valence-electron chi connectivity index (χ3n) is 5.08. The van der Waals surface area contributed by atoms with Gasteiger partial charge in [0.25, 0.3) is 0 Å². The number of rotatable bonds is 5. The largest absolute Gasteiger partial charge is 0.324 e. The Balaban J connectivity index is 1.39. The van der Waals surface area contributed by atoms with Crippen LogP contribution >= 0.6 is 0 Å². The standard InChI is InChI=1S/C23H19N7/c1-15-26-14-30(29-15)21-6-4-20(5-7-21)27-23-25-9-8-22(28-23)19-11-16(13-24)10-18(12-19)17-2-3-17/h4-12,14,17H,2-3H2,1H3,(H,25,27,28). The second-order valence-electron chi connectivity index (χ2n) is 7.40. The van der Waals surface area contributed by atoms with E-state index in [2.05, 4.69) is 37.5 Å². The SMILES string of the molecule is Cc1ncn(-c2ccc(Nc3nccc(-c4cc(C#N)cc(C5CC5)c4)n3)cc2)n1. The summed E-state index contributed by atoms with van der Waals surface area (Å²) in [6.07, 6.45) is 5.80. The van der Waals surface area contributed by atoms with Crippen molar-refractivity contribution < 1.29 is 0 Å². The van der Waals surface area contributed by atoms with Crippen LogP contribution in [0.5, 0.6) is 0 Å². The van der Waals surface area contributed by atoms with E-state index in [0.29, 0.717) is 17.4 Å². The molecule has 146 valence electrons. The zero-order valence-electron chi connectivity index (χ0n) is 16.4. The van der Waals surface area contributed by atoms with Crippen molar-refractivity contribution in [2.45, 2.75) is 25.7 Å². The van der Waals surface area contributed by atoms with Gasteiger partial charge in [-0.1, -0.05) is 0 Å². The molecule has 1 N–H and O–H groups in total. The molecule has 30 heavy (non-hydrogen) atoms. The van der Waals surface area contributed by atoms with Gasteiger partial charge in [-0.25, -0.2) is 19.6 Å². The molecule has 0 amide bonds. The average Bonchev–Trinajstić information content (AvgIpc) is 3.55. The minimum absolute atomic E-state index is 0.507. The summed E-state index contributed by atoms with van der Waals surface area (Å²) in [5.41, 5.74) is 5.42. The van der Waals surface area contributed by atoms with Crippen molar-refractivity contribution in [1.29, 1.82) is 5.26 Å². The third-order valence-corrected chi connectivity index (χ3v) is 5.08. The summed E-state index contributed by atoms with van der Waals surface area (Å²) in [7, 11) is 0. The molecule has 1 fully saturated rings. The van der Waals surface area contributed by atoms with Crippen LogP contribution in [-0.2, 0) is 0 Å². The Hall–Kier alpha value is -4.05. The first-order valence-electron chi connectivity index (χ1n) is 9.82. The van der Waals surface area contributed by atoms with Crippen LogP contribution in [0.25, 0.3) is 16.9 Å². The zero-order chi connectivity index (χ0) is 20.5. The molecule has 0 spiro atoms. The van der Waals surface area contributed by atoms with Crippen LogP contribution in [0.2, 0.25) is 0 Å². The summed E-state index contributed by atoms with van der Waals surface area (Å²) in [4.78, 5) is 13.2. The van der Waals surface area contributed by atoms with E-state index in [9.17, 15) is 5.26 Å². The van der Waals surface area contributed by atoms with Crippen molar-refractivity contribution in [3.8, 4) is 23.0 Å². The quantitative estimate of drug-likeness (QED) is 0.536. The summed E-state index contributed by atoms with van der Waals surface area (Å²) in [6.45, 7) is 1.86. The van der Waals surface area contributed by atoms with Gasteiger partial charge in [0.2, 0.25) is 5.95 Å². The van der Waals surface area contributed by atoms with E-state index in [4.69, 9.17) is 0 Å². The van der Waals surface area contributed by atoms with Gasteiger partial charge in [0.05, 0.1) is 23.0 Å². The van der Waals surface area contributed by atoms with Crippen LogP contribution in [0.3, 0.4) is 0 Å². The van der Waals surface area contributed by atoms with E-state index >= 15 is 0 Å². The van der Waals surface area contributed by atoms with Gasteiger partial charge in [0.1, 0.15) is 12.2 Å². The molecule has 0 atom stereocenters. The van der Waals surface area contributed by atoms with Crippen molar-refractivity contribution in [2.75, 3.05) is 5.32 Å². The molecule has 7 heteroatoms. The molecule has 0 aliphatic heterocycles. The molecule has 2 heterocycles. The van der Waals surface area contributed by atoms with E-state index in [0.717, 1.165) is 28.5 Å². The van der Waals surface area contributed by atoms with Crippen molar-refractivity contribution >= 4 is 11.6 Å². The van der Waals surface area contributed by atoms with Gasteiger partial charge in [-0.2, -0.15) is 10.4 Å². The average molecular weight is 393 g/mol. The number of aryl methyl sites for hydroxylation is 1. The van der Waals surface area contributed by atoms with Gasteiger partial charge in [-0.15, -0.1) is 0 Å². The van der Waals surface area contributed by atoms with Crippen molar-refractivity contribution in [1.82, 2.24) is 24.7 Å². The number of benzene rings is 2. The number of nitriles is 1. The first-order chi connectivity index (χ1) is 14.7. The smallest absolute Gasteiger partial charge is 0.227 e. The molecule has 2 aromatic heterocycles. The lowest BCUT2D eigenvalue weighted by molar-refractivity contribution is 0.863. The highest BCUT2D eigenvalue weighted by Gasteiger charge is 2.24. The van der Waals surface area contributed by atoms with Crippen LogP contribution in [0, 0.1) is 18.3 Å². The monoisotopic (exact) mass is 393 g/mol. The highest BCUT2D eigenvalue weighted by Crippen LogP contribution is 2.41. The van der Waals surface area contributed by atoms with Crippen LogP contribution in [-0.4, -0.2) is 24.7 Å². The fourth-order valence-electron chi connectivity index (χ4n) is 3.39. The Bertz CT molecular complexity index is 1250. The van der Waals surface area contributed by atoms with Gasteiger partial charge in [0, 0.05) is 17.4 Å². The van der Waals surface area contributed by atoms with E-state index in [1.54, 1.807) is 17.2 Å². The van der Waals surface area contributed by atoms with Crippen LogP contribution in [0.15, 0.2) is 61.1 Å². The van der Waals surface area contributed by atoms with Crippen LogP contribution in [0.1, 0.15) is 35.7 Å². The van der Waals surface area contributed by atoms with E-state index in [1.807, 2.05) is 49.4 Å². The summed E-state index contributed by atoms with van der Waals surface area (Å²) in [5.74, 6) is 1.81. The van der Waals surface area contributed by atoms with Crippen molar-refractivity contribution in [2.24, 2.45) is 0 Å². The van der Waals surface area contributed by atoms with E-state index in [1.165, 1.54) is 18.4 Å². The predicted octanol–water partition coefficient (Wildman–Crippen LogP) is 4.53. The fourth-order valence-corrected chi connectivity index (χ4v) is 3.39. The molecule has 1 saturated carbocycles. The highest BCUT2D eigenvalue weighted by molar-refractivity contribution is 5.65. The second kappa shape index (κ2) is 7.41. The third kappa shape index (κ3) is 3.76. The Morgan fingerprint density at radius 2 is 1.90 bits per heavy atom. The molecular formula is C23H19N7. The minimum Gasteiger partial charge on any atom is -0.324 e. The molecule has 2 aromatic carbocycles. The first-order valence-corrected chi connectivity index (χ1v) is 9.82. The summed E-state index contributed by atoms with van der Waals surface area (Å²) in [5, 5.41) is 16.9. The molecule has 1 aliphatic carbocycles. The Labute approximate surface area is 174 Å². The summed E-state index contributed by atoms with van der Waals surface area (Å²) in [6, 6.07) is 18.0. The molecular weight excluding hydrogens is 374 g/mol. The number of nitrogens with one attached hydrogen (secondary N) is 1. The van der Waals surface area contributed by atoms with Gasteiger partial charge in [-0.3, -0.25) is 0 Å². The number of hydrogen-bond donors (Lipinski definition) is 1. The molecule has 5 rings (SSSR count). The molecule has 1 aliphatic rings. The maximum absolute atomic E-state index is 9.39. The number of aromatic nitrogens is 5. The van der Waals surface area contributed by atoms with Crippen LogP contribution < -0.4 is 5.32 Å². The molecule has 7 nitrogen and oxygen atoms in total. The van der Waals surface area contributed by atoms with Gasteiger partial charge in [-0.05, 0) is 79.8 Å². The highest BCUT2D eigenvalue weighted by atomic mass is 15.3. The number of nitrogens with zero attached hydrogens (tertiary/aromatic N) is 6. The number of hydrogen-bond acceptors (Lipinski definition) is 6. The zero-order valence-corrected chi connectivity index (χ0v) is 16.4. The molecule has 0 unspecified atom stereocenters. The van der Waals surface area contributed by atoms with Gasteiger partial charge in [0.15, 0.2) is 0 Å². The fraction of sp³-hybridized carbons (Fsp3) is 0.174. The lowest BCUT2D eigenvalue weighted by atomic mass is 10.0. The lowest BCUT2D eigenvalue weighted by Gasteiger charge is -2.09. The molecule has 0 bridgehead atoms. The Morgan fingerprint density at radius 3 is 2.60 bits per heavy atom. The first kappa shape index (κ1) is 18.0. The van der Waals surface area contributed by atoms with E-state index < -0.39 is 0 Å². The topological polar surface area (TPSA) is 92.3 Å². The summed E-state index contributed by atoms with van der Waals surface area (Å²) >= 11 is 0.